The standard InChI is InChI=1S/C13H18FNO2S/c1-3-18-8-7-9(2)15-12-10(13(16)17)5-4-6-11(12)14/h4-6,9,15H,3,7-8H2,1-2H3,(H,16,17). The highest BCUT2D eigenvalue weighted by Gasteiger charge is 2.15. The molecule has 0 aromatic heterocycles. The van der Waals surface area contributed by atoms with Crippen LogP contribution in [-0.2, 0) is 0 Å². The van der Waals surface area contributed by atoms with E-state index in [4.69, 9.17) is 5.11 Å². The van der Waals surface area contributed by atoms with Crippen molar-refractivity contribution in [3.8, 4) is 0 Å². The molecule has 0 heterocycles. The molecule has 2 N–H and O–H groups in total. The number of halogens is 1. The SMILES string of the molecule is CCSCCC(C)Nc1c(F)cccc1C(=O)O. The molecule has 0 radical (unpaired) electrons. The molecule has 1 atom stereocenters. The fourth-order valence-electron chi connectivity index (χ4n) is 1.57. The lowest BCUT2D eigenvalue weighted by molar-refractivity contribution is 0.0697. The summed E-state index contributed by atoms with van der Waals surface area (Å²) in [5.41, 5.74) is 0.0593. The summed E-state index contributed by atoms with van der Waals surface area (Å²) in [5.74, 6) is 0.380. The molecule has 1 unspecified atom stereocenters. The van der Waals surface area contributed by atoms with Gasteiger partial charge in [-0.05, 0) is 37.0 Å². The topological polar surface area (TPSA) is 49.3 Å². The first kappa shape index (κ1) is 14.8. The third-order valence-electron chi connectivity index (χ3n) is 2.53. The average Bonchev–Trinajstić information content (AvgIpc) is 2.31. The number of hydrogen-bond donors (Lipinski definition) is 2. The number of carbonyl (C=O) groups is 1. The summed E-state index contributed by atoms with van der Waals surface area (Å²) < 4.78 is 13.6. The molecule has 5 heteroatoms. The van der Waals surface area contributed by atoms with E-state index in [0.717, 1.165) is 17.9 Å². The summed E-state index contributed by atoms with van der Waals surface area (Å²) in [5, 5.41) is 12.0. The van der Waals surface area contributed by atoms with Crippen LogP contribution in [0.2, 0.25) is 0 Å². The molecule has 3 nitrogen and oxygen atoms in total. The van der Waals surface area contributed by atoms with Crippen LogP contribution in [0.4, 0.5) is 10.1 Å². The number of hydrogen-bond acceptors (Lipinski definition) is 3. The lowest BCUT2D eigenvalue weighted by Gasteiger charge is -2.17. The van der Waals surface area contributed by atoms with Crippen LogP contribution >= 0.6 is 11.8 Å². The van der Waals surface area contributed by atoms with Gasteiger partial charge >= 0.3 is 5.97 Å². The van der Waals surface area contributed by atoms with E-state index >= 15 is 0 Å². The van der Waals surface area contributed by atoms with Gasteiger partial charge < -0.3 is 10.4 Å². The minimum Gasteiger partial charge on any atom is -0.478 e. The molecule has 0 spiro atoms. The van der Waals surface area contributed by atoms with Gasteiger partial charge in [-0.3, -0.25) is 0 Å². The van der Waals surface area contributed by atoms with Crippen molar-refractivity contribution in [3.63, 3.8) is 0 Å². The molecule has 0 aliphatic heterocycles. The summed E-state index contributed by atoms with van der Waals surface area (Å²) in [6.07, 6.45) is 0.867. The molecule has 100 valence electrons. The maximum absolute atomic E-state index is 13.6. The van der Waals surface area contributed by atoms with Gasteiger partial charge in [0.15, 0.2) is 0 Å². The van der Waals surface area contributed by atoms with Gasteiger partial charge in [0, 0.05) is 6.04 Å². The normalized spacial score (nSPS) is 12.2. The summed E-state index contributed by atoms with van der Waals surface area (Å²) in [6, 6.07) is 4.12. The van der Waals surface area contributed by atoms with Gasteiger partial charge in [0.2, 0.25) is 0 Å². The predicted molar refractivity (Wildman–Crippen MR) is 74.1 cm³/mol. The zero-order valence-electron chi connectivity index (χ0n) is 10.6. The lowest BCUT2D eigenvalue weighted by Crippen LogP contribution is -2.19. The van der Waals surface area contributed by atoms with E-state index in [0.29, 0.717) is 0 Å². The smallest absolute Gasteiger partial charge is 0.337 e. The molecule has 1 rings (SSSR count). The van der Waals surface area contributed by atoms with Crippen molar-refractivity contribution in [2.75, 3.05) is 16.8 Å². The number of carboxylic acid groups (broad SMARTS) is 1. The minimum atomic E-state index is -1.12. The van der Waals surface area contributed by atoms with E-state index in [1.54, 1.807) is 0 Å². The van der Waals surface area contributed by atoms with Gasteiger partial charge in [-0.15, -0.1) is 0 Å². The summed E-state index contributed by atoms with van der Waals surface area (Å²) in [4.78, 5) is 11.0. The Balaban J connectivity index is 2.73. The van der Waals surface area contributed by atoms with Crippen molar-refractivity contribution < 1.29 is 14.3 Å². The molecule has 0 amide bonds. The van der Waals surface area contributed by atoms with E-state index in [1.807, 2.05) is 18.7 Å². The first-order chi connectivity index (χ1) is 8.56. The van der Waals surface area contributed by atoms with Crippen LogP contribution in [-0.4, -0.2) is 28.6 Å². The van der Waals surface area contributed by atoms with Gasteiger partial charge in [-0.25, -0.2) is 9.18 Å². The molecule has 1 aromatic carbocycles. The average molecular weight is 271 g/mol. The van der Waals surface area contributed by atoms with Crippen LogP contribution in [0.15, 0.2) is 18.2 Å². The molecular formula is C13H18FNO2S. The second kappa shape index (κ2) is 7.26. The van der Waals surface area contributed by atoms with Crippen LogP contribution in [0.1, 0.15) is 30.6 Å². The van der Waals surface area contributed by atoms with Crippen molar-refractivity contribution in [3.05, 3.63) is 29.6 Å². The zero-order valence-corrected chi connectivity index (χ0v) is 11.4. The van der Waals surface area contributed by atoms with Crippen LogP contribution in [0.3, 0.4) is 0 Å². The Morgan fingerprint density at radius 3 is 2.89 bits per heavy atom. The van der Waals surface area contributed by atoms with Crippen molar-refractivity contribution in [2.24, 2.45) is 0 Å². The molecule has 0 aliphatic rings. The summed E-state index contributed by atoms with van der Waals surface area (Å²) in [7, 11) is 0. The van der Waals surface area contributed by atoms with E-state index in [9.17, 15) is 9.18 Å². The van der Waals surface area contributed by atoms with Gasteiger partial charge in [-0.1, -0.05) is 13.0 Å². The Bertz CT molecular complexity index is 412. The van der Waals surface area contributed by atoms with Crippen molar-refractivity contribution in [1.29, 1.82) is 0 Å². The largest absolute Gasteiger partial charge is 0.478 e. The Labute approximate surface area is 111 Å². The van der Waals surface area contributed by atoms with Crippen LogP contribution < -0.4 is 5.32 Å². The number of thioether (sulfide) groups is 1. The number of rotatable bonds is 7. The maximum atomic E-state index is 13.6. The van der Waals surface area contributed by atoms with E-state index in [-0.39, 0.29) is 17.3 Å². The van der Waals surface area contributed by atoms with Crippen molar-refractivity contribution in [1.82, 2.24) is 0 Å². The molecule has 0 bridgehead atoms. The predicted octanol–water partition coefficient (Wildman–Crippen LogP) is 3.47. The molecular weight excluding hydrogens is 253 g/mol. The second-order valence-corrected chi connectivity index (χ2v) is 5.39. The quantitative estimate of drug-likeness (QED) is 0.746. The van der Waals surface area contributed by atoms with Gasteiger partial charge in [0.05, 0.1) is 11.3 Å². The fourth-order valence-corrected chi connectivity index (χ4v) is 2.38. The zero-order chi connectivity index (χ0) is 13.5. The fraction of sp³-hybridized carbons (Fsp3) is 0.462. The monoisotopic (exact) mass is 271 g/mol. The third-order valence-corrected chi connectivity index (χ3v) is 3.47. The maximum Gasteiger partial charge on any atom is 0.337 e. The molecule has 0 aliphatic carbocycles. The van der Waals surface area contributed by atoms with E-state index in [2.05, 4.69) is 12.2 Å². The highest BCUT2D eigenvalue weighted by atomic mass is 32.2. The van der Waals surface area contributed by atoms with E-state index in [1.165, 1.54) is 18.2 Å². The Kier molecular flexibility index (Phi) is 5.98. The molecule has 18 heavy (non-hydrogen) atoms. The molecule has 1 aromatic rings. The Morgan fingerprint density at radius 1 is 1.56 bits per heavy atom. The minimum absolute atomic E-state index is 0.0232. The first-order valence-corrected chi connectivity index (χ1v) is 7.07. The van der Waals surface area contributed by atoms with Gasteiger partial charge in [0.25, 0.3) is 0 Å². The molecule has 0 saturated carbocycles. The summed E-state index contributed by atoms with van der Waals surface area (Å²) in [6.45, 7) is 4.01. The number of nitrogens with one attached hydrogen (secondary N) is 1. The molecule has 0 saturated heterocycles. The lowest BCUT2D eigenvalue weighted by atomic mass is 10.1. The second-order valence-electron chi connectivity index (χ2n) is 4.00. The highest BCUT2D eigenvalue weighted by Crippen LogP contribution is 2.21. The number of carboxylic acids is 1. The van der Waals surface area contributed by atoms with Gasteiger partial charge in [-0.2, -0.15) is 11.8 Å². The number of anilines is 1. The highest BCUT2D eigenvalue weighted by molar-refractivity contribution is 7.99. The van der Waals surface area contributed by atoms with E-state index < -0.39 is 11.8 Å². The first-order valence-electron chi connectivity index (χ1n) is 5.92. The third kappa shape index (κ3) is 4.22. The van der Waals surface area contributed by atoms with Crippen molar-refractivity contribution >= 4 is 23.4 Å². The van der Waals surface area contributed by atoms with Crippen LogP contribution in [0, 0.1) is 5.82 Å². The van der Waals surface area contributed by atoms with Crippen molar-refractivity contribution in [2.45, 2.75) is 26.3 Å². The number of aromatic carboxylic acids is 1. The Morgan fingerprint density at radius 2 is 2.28 bits per heavy atom. The molecule has 0 fully saturated rings. The number of para-hydroxylation sites is 1. The summed E-state index contributed by atoms with van der Waals surface area (Å²) >= 11 is 1.81. The Hall–Kier alpha value is -1.23. The van der Waals surface area contributed by atoms with Gasteiger partial charge in [0.1, 0.15) is 5.82 Å². The van der Waals surface area contributed by atoms with Crippen LogP contribution in [0.5, 0.6) is 0 Å². The van der Waals surface area contributed by atoms with Crippen LogP contribution in [0.25, 0.3) is 0 Å². The number of benzene rings is 1.